The molecule has 0 bridgehead atoms. The standard InChI is InChI=1S/C16H29N3O/c1-3-4-14-20-15-11-17-10-13-19(2)12-8-16-7-5-6-9-18-16/h5-7,9,17H,3-4,8,10-15H2,1-2H3. The molecule has 0 aliphatic heterocycles. The van der Waals surface area contributed by atoms with Gasteiger partial charge < -0.3 is 15.0 Å². The zero-order chi connectivity index (χ0) is 14.5. The quantitative estimate of drug-likeness (QED) is 0.594. The van der Waals surface area contributed by atoms with Crippen molar-refractivity contribution in [1.82, 2.24) is 15.2 Å². The Kier molecular flexibility index (Phi) is 10.1. The Morgan fingerprint density at radius 2 is 2.10 bits per heavy atom. The second kappa shape index (κ2) is 11.8. The molecule has 4 heteroatoms. The molecule has 0 saturated heterocycles. The van der Waals surface area contributed by atoms with Crippen LogP contribution in [0.2, 0.25) is 0 Å². The Bertz CT molecular complexity index is 319. The van der Waals surface area contributed by atoms with Crippen molar-refractivity contribution >= 4 is 0 Å². The minimum Gasteiger partial charge on any atom is -0.380 e. The lowest BCUT2D eigenvalue weighted by Gasteiger charge is -2.16. The summed E-state index contributed by atoms with van der Waals surface area (Å²) >= 11 is 0. The molecule has 0 aliphatic carbocycles. The first-order valence-electron chi connectivity index (χ1n) is 7.70. The number of hydrogen-bond acceptors (Lipinski definition) is 4. The molecule has 0 aromatic carbocycles. The number of hydrogen-bond donors (Lipinski definition) is 1. The van der Waals surface area contributed by atoms with Crippen LogP contribution in [0.15, 0.2) is 24.4 Å². The van der Waals surface area contributed by atoms with E-state index in [-0.39, 0.29) is 0 Å². The van der Waals surface area contributed by atoms with Crippen molar-refractivity contribution in [3.63, 3.8) is 0 Å². The minimum atomic E-state index is 0.817. The predicted octanol–water partition coefficient (Wildman–Crippen LogP) is 1.96. The predicted molar refractivity (Wildman–Crippen MR) is 84.0 cm³/mol. The highest BCUT2D eigenvalue weighted by Gasteiger charge is 1.99. The van der Waals surface area contributed by atoms with Crippen LogP contribution in [-0.2, 0) is 11.2 Å². The number of nitrogens with zero attached hydrogens (tertiary/aromatic N) is 2. The summed E-state index contributed by atoms with van der Waals surface area (Å²) in [7, 11) is 2.16. The van der Waals surface area contributed by atoms with E-state index in [9.17, 15) is 0 Å². The molecule has 4 nitrogen and oxygen atoms in total. The highest BCUT2D eigenvalue weighted by atomic mass is 16.5. The molecule has 114 valence electrons. The number of ether oxygens (including phenoxy) is 1. The van der Waals surface area contributed by atoms with E-state index in [0.717, 1.165) is 57.9 Å². The SMILES string of the molecule is CCCCOCCNCCN(C)CCc1ccccn1. The fraction of sp³-hybridized carbons (Fsp3) is 0.688. The maximum absolute atomic E-state index is 5.50. The topological polar surface area (TPSA) is 37.4 Å². The summed E-state index contributed by atoms with van der Waals surface area (Å²) in [4.78, 5) is 6.67. The average Bonchev–Trinajstić information content (AvgIpc) is 2.49. The zero-order valence-electron chi connectivity index (χ0n) is 13.0. The van der Waals surface area contributed by atoms with Crippen LogP contribution in [0.4, 0.5) is 0 Å². The lowest BCUT2D eigenvalue weighted by Crippen LogP contribution is -2.32. The third-order valence-corrected chi connectivity index (χ3v) is 3.21. The molecule has 1 aromatic heterocycles. The molecule has 0 aliphatic rings. The van der Waals surface area contributed by atoms with Gasteiger partial charge in [0.25, 0.3) is 0 Å². The molecule has 20 heavy (non-hydrogen) atoms. The fourth-order valence-electron chi connectivity index (χ4n) is 1.85. The Balaban J connectivity index is 1.91. The van der Waals surface area contributed by atoms with Gasteiger partial charge in [0.2, 0.25) is 0 Å². The summed E-state index contributed by atoms with van der Waals surface area (Å²) < 4.78 is 5.50. The first kappa shape index (κ1) is 17.1. The molecule has 0 unspecified atom stereocenters. The van der Waals surface area contributed by atoms with Gasteiger partial charge in [0.05, 0.1) is 6.61 Å². The van der Waals surface area contributed by atoms with Gasteiger partial charge >= 0.3 is 0 Å². The van der Waals surface area contributed by atoms with E-state index in [1.165, 1.54) is 6.42 Å². The number of likely N-dealkylation sites (N-methyl/N-ethyl adjacent to an activating group) is 1. The Hall–Kier alpha value is -0.970. The molecule has 1 aromatic rings. The second-order valence-corrected chi connectivity index (χ2v) is 5.09. The van der Waals surface area contributed by atoms with E-state index in [4.69, 9.17) is 4.74 Å². The maximum atomic E-state index is 5.50. The summed E-state index contributed by atoms with van der Waals surface area (Å²) in [5.74, 6) is 0. The van der Waals surface area contributed by atoms with Crippen LogP contribution >= 0.6 is 0 Å². The van der Waals surface area contributed by atoms with E-state index in [1.807, 2.05) is 18.3 Å². The van der Waals surface area contributed by atoms with Crippen LogP contribution in [0.3, 0.4) is 0 Å². The normalized spacial score (nSPS) is 11.2. The number of pyridine rings is 1. The van der Waals surface area contributed by atoms with Crippen LogP contribution in [0.1, 0.15) is 25.5 Å². The third-order valence-electron chi connectivity index (χ3n) is 3.21. The number of unbranched alkanes of at least 4 members (excludes halogenated alkanes) is 1. The zero-order valence-corrected chi connectivity index (χ0v) is 13.0. The van der Waals surface area contributed by atoms with E-state index >= 15 is 0 Å². The van der Waals surface area contributed by atoms with Gasteiger partial charge in [0.1, 0.15) is 0 Å². The van der Waals surface area contributed by atoms with Gasteiger partial charge in [-0.25, -0.2) is 0 Å². The Morgan fingerprint density at radius 3 is 2.85 bits per heavy atom. The van der Waals surface area contributed by atoms with Gasteiger partial charge in [0, 0.05) is 51.1 Å². The molecular weight excluding hydrogens is 250 g/mol. The number of aromatic nitrogens is 1. The summed E-state index contributed by atoms with van der Waals surface area (Å²) in [6.45, 7) is 7.95. The fourth-order valence-corrected chi connectivity index (χ4v) is 1.85. The van der Waals surface area contributed by atoms with Gasteiger partial charge in [-0.3, -0.25) is 4.98 Å². The lowest BCUT2D eigenvalue weighted by atomic mass is 10.2. The molecule has 0 atom stereocenters. The van der Waals surface area contributed by atoms with Gasteiger partial charge in [0.15, 0.2) is 0 Å². The van der Waals surface area contributed by atoms with Gasteiger partial charge in [-0.1, -0.05) is 19.4 Å². The molecule has 0 spiro atoms. The van der Waals surface area contributed by atoms with E-state index in [0.29, 0.717) is 0 Å². The maximum Gasteiger partial charge on any atom is 0.0590 e. The highest BCUT2D eigenvalue weighted by Crippen LogP contribution is 1.95. The average molecular weight is 279 g/mol. The van der Waals surface area contributed by atoms with Crippen molar-refractivity contribution in [3.05, 3.63) is 30.1 Å². The second-order valence-electron chi connectivity index (χ2n) is 5.09. The molecule has 1 rings (SSSR count). The van der Waals surface area contributed by atoms with Crippen molar-refractivity contribution in [2.45, 2.75) is 26.2 Å². The first-order chi connectivity index (χ1) is 9.83. The van der Waals surface area contributed by atoms with Crippen LogP contribution < -0.4 is 5.32 Å². The summed E-state index contributed by atoms with van der Waals surface area (Å²) in [5.41, 5.74) is 1.16. The molecule has 1 N–H and O–H groups in total. The largest absolute Gasteiger partial charge is 0.380 e. The monoisotopic (exact) mass is 279 g/mol. The van der Waals surface area contributed by atoms with Gasteiger partial charge in [-0.2, -0.15) is 0 Å². The number of nitrogens with one attached hydrogen (secondary N) is 1. The highest BCUT2D eigenvalue weighted by molar-refractivity contribution is 5.03. The first-order valence-corrected chi connectivity index (χ1v) is 7.70. The van der Waals surface area contributed by atoms with Crippen molar-refractivity contribution in [2.75, 3.05) is 46.4 Å². The van der Waals surface area contributed by atoms with E-state index in [1.54, 1.807) is 0 Å². The van der Waals surface area contributed by atoms with Crippen LogP contribution in [0.25, 0.3) is 0 Å². The summed E-state index contributed by atoms with van der Waals surface area (Å²) in [5, 5.41) is 3.41. The van der Waals surface area contributed by atoms with E-state index in [2.05, 4.69) is 35.2 Å². The van der Waals surface area contributed by atoms with Crippen LogP contribution in [-0.4, -0.2) is 56.3 Å². The molecule has 0 saturated carbocycles. The number of rotatable bonds is 12. The van der Waals surface area contributed by atoms with Crippen LogP contribution in [0.5, 0.6) is 0 Å². The van der Waals surface area contributed by atoms with Crippen molar-refractivity contribution in [2.24, 2.45) is 0 Å². The summed E-state index contributed by atoms with van der Waals surface area (Å²) in [6, 6.07) is 6.09. The van der Waals surface area contributed by atoms with E-state index < -0.39 is 0 Å². The van der Waals surface area contributed by atoms with Gasteiger partial charge in [-0.05, 0) is 25.6 Å². The molecular formula is C16H29N3O. The summed E-state index contributed by atoms with van der Waals surface area (Å²) in [6.07, 6.45) is 5.23. The molecule has 0 amide bonds. The molecule has 1 heterocycles. The Morgan fingerprint density at radius 1 is 1.20 bits per heavy atom. The molecule has 0 fully saturated rings. The van der Waals surface area contributed by atoms with Crippen LogP contribution in [0, 0.1) is 0 Å². The molecule has 0 radical (unpaired) electrons. The van der Waals surface area contributed by atoms with Gasteiger partial charge in [-0.15, -0.1) is 0 Å². The Labute approximate surface area is 123 Å². The van der Waals surface area contributed by atoms with Crippen molar-refractivity contribution < 1.29 is 4.74 Å². The smallest absolute Gasteiger partial charge is 0.0590 e. The third kappa shape index (κ3) is 9.02. The van der Waals surface area contributed by atoms with Crippen molar-refractivity contribution in [3.8, 4) is 0 Å². The lowest BCUT2D eigenvalue weighted by molar-refractivity contribution is 0.132. The van der Waals surface area contributed by atoms with Crippen molar-refractivity contribution in [1.29, 1.82) is 0 Å². The minimum absolute atomic E-state index is 0.817.